The highest BCUT2D eigenvalue weighted by Crippen LogP contribution is 2.62. The Bertz CT molecular complexity index is 1890. The van der Waals surface area contributed by atoms with Crippen LogP contribution in [-0.4, -0.2) is 109 Å². The summed E-state index contributed by atoms with van der Waals surface area (Å²) in [6, 6.07) is 12.2. The van der Waals surface area contributed by atoms with Crippen LogP contribution in [0.2, 0.25) is 0 Å². The minimum Gasteiger partial charge on any atom is -0.459 e. The van der Waals surface area contributed by atoms with Crippen molar-refractivity contribution in [3.8, 4) is 17.2 Å². The Morgan fingerprint density at radius 3 is 2.47 bits per heavy atom. The normalized spacial score (nSPS) is 26.9. The molecule has 2 heterocycles. The lowest BCUT2D eigenvalue weighted by Crippen LogP contribution is -2.70. The average Bonchev–Trinajstić information content (AvgIpc) is 3.85. The standard InChI is InChI=1S/C51H70N2O11/c1-2-27-61-51-46(53(23-29-59-30-26-56)47(58)22-19-36-12-3-4-13-36)34-44(52-64-48-18-7-10-28-60-48)42-32-38(15-5-8-24-54)41(17-6-9-25-55)49(50(42)51)43-33-40(20-21-45(43)63-51)62-39-16-11-14-37(31-39)35-57/h2,11,14,16,20-21,31-33,35-36,38,41,46,48-50,54-56H,1,3-10,12-13,15,17-19,22-30,34H2. The topological polar surface area (TPSA) is 166 Å². The van der Waals surface area contributed by atoms with Crippen LogP contribution < -0.4 is 9.47 Å². The van der Waals surface area contributed by atoms with Crippen LogP contribution >= 0.6 is 0 Å². The van der Waals surface area contributed by atoms with Crippen LogP contribution in [0.15, 0.2) is 71.9 Å². The summed E-state index contributed by atoms with van der Waals surface area (Å²) in [4.78, 5) is 34.9. The third-order valence-corrected chi connectivity index (χ3v) is 13.9. The Morgan fingerprint density at radius 2 is 1.72 bits per heavy atom. The maximum Gasteiger partial charge on any atom is 0.239 e. The molecule has 7 rings (SSSR count). The fraction of sp³-hybridized carbons (Fsp3) is 0.627. The van der Waals surface area contributed by atoms with E-state index < -0.39 is 24.0 Å². The van der Waals surface area contributed by atoms with Gasteiger partial charge < -0.3 is 48.7 Å². The molecular weight excluding hydrogens is 817 g/mol. The van der Waals surface area contributed by atoms with Crippen molar-refractivity contribution in [3.63, 3.8) is 0 Å². The molecule has 13 heteroatoms. The van der Waals surface area contributed by atoms with Gasteiger partial charge in [-0.2, -0.15) is 0 Å². The Hall–Kier alpha value is -4.11. The van der Waals surface area contributed by atoms with Crippen LogP contribution in [0.1, 0.15) is 125 Å². The molecule has 7 atom stereocenters. The predicted molar refractivity (Wildman–Crippen MR) is 242 cm³/mol. The molecule has 3 aliphatic carbocycles. The third-order valence-electron chi connectivity index (χ3n) is 13.9. The summed E-state index contributed by atoms with van der Waals surface area (Å²) >= 11 is 0. The van der Waals surface area contributed by atoms with Crippen molar-refractivity contribution < 1.29 is 53.4 Å². The van der Waals surface area contributed by atoms with Gasteiger partial charge in [0.1, 0.15) is 29.6 Å². The van der Waals surface area contributed by atoms with Crippen molar-refractivity contribution in [2.45, 2.75) is 127 Å². The van der Waals surface area contributed by atoms with Gasteiger partial charge in [-0.15, -0.1) is 6.58 Å². The van der Waals surface area contributed by atoms with Crippen molar-refractivity contribution in [1.82, 2.24) is 4.90 Å². The molecule has 0 spiro atoms. The molecule has 1 amide bonds. The second-order valence-electron chi connectivity index (χ2n) is 18.1. The van der Waals surface area contributed by atoms with Gasteiger partial charge in [0.15, 0.2) is 0 Å². The molecule has 13 nitrogen and oxygen atoms in total. The van der Waals surface area contributed by atoms with Gasteiger partial charge >= 0.3 is 0 Å². The van der Waals surface area contributed by atoms with Crippen LogP contribution in [0.25, 0.3) is 0 Å². The molecule has 350 valence electrons. The van der Waals surface area contributed by atoms with Gasteiger partial charge in [0.25, 0.3) is 0 Å². The number of fused-ring (bicyclic) bond motifs is 2. The zero-order chi connectivity index (χ0) is 44.7. The first kappa shape index (κ1) is 47.8. The fourth-order valence-electron chi connectivity index (χ4n) is 11.0. The lowest BCUT2D eigenvalue weighted by atomic mass is 9.55. The van der Waals surface area contributed by atoms with E-state index in [1.54, 1.807) is 24.3 Å². The van der Waals surface area contributed by atoms with E-state index in [-0.39, 0.29) is 76.3 Å². The van der Waals surface area contributed by atoms with Crippen LogP contribution in [0.3, 0.4) is 0 Å². The maximum absolute atomic E-state index is 15.0. The minimum atomic E-state index is -1.41. The highest BCUT2D eigenvalue weighted by molar-refractivity contribution is 6.03. The molecule has 0 bridgehead atoms. The number of ether oxygens (including phenoxy) is 5. The molecule has 2 aromatic rings. The number of allylic oxidation sites excluding steroid dienone is 1. The van der Waals surface area contributed by atoms with E-state index in [0.29, 0.717) is 60.3 Å². The SMILES string of the molecule is C=CCOC12Oc3ccc(Oc4cccc(C=O)c4)cc3C3C(CCCCO)C(CCCCO)C=C(C(=NOC4CCCCO4)CC1N(CCOCCO)C(=O)CCC1CCCC1)C32. The first-order chi connectivity index (χ1) is 31.4. The maximum atomic E-state index is 15.0. The molecule has 3 fully saturated rings. The third kappa shape index (κ3) is 11.5. The molecule has 1 saturated heterocycles. The van der Waals surface area contributed by atoms with Crippen LogP contribution in [0, 0.1) is 23.7 Å². The number of rotatable bonds is 25. The first-order valence-corrected chi connectivity index (χ1v) is 24.0. The van der Waals surface area contributed by atoms with E-state index in [2.05, 4.69) is 12.7 Å². The Kier molecular flexibility index (Phi) is 17.9. The largest absolute Gasteiger partial charge is 0.459 e. The molecule has 5 aliphatic rings. The average molecular weight is 887 g/mol. The van der Waals surface area contributed by atoms with Gasteiger partial charge in [-0.05, 0) is 98.6 Å². The van der Waals surface area contributed by atoms with E-state index >= 15 is 0 Å². The summed E-state index contributed by atoms with van der Waals surface area (Å²) < 4.78 is 32.9. The zero-order valence-electron chi connectivity index (χ0n) is 37.5. The van der Waals surface area contributed by atoms with Crippen molar-refractivity contribution in [1.29, 1.82) is 0 Å². The van der Waals surface area contributed by atoms with E-state index in [4.69, 9.17) is 33.7 Å². The van der Waals surface area contributed by atoms with E-state index in [0.717, 1.165) is 81.6 Å². The lowest BCUT2D eigenvalue weighted by Gasteiger charge is -2.60. The molecule has 2 aliphatic heterocycles. The molecule has 0 radical (unpaired) electrons. The molecule has 7 unspecified atom stereocenters. The monoisotopic (exact) mass is 886 g/mol. The van der Waals surface area contributed by atoms with Crippen molar-refractivity contribution >= 4 is 17.9 Å². The van der Waals surface area contributed by atoms with E-state index in [1.165, 1.54) is 12.8 Å². The van der Waals surface area contributed by atoms with Gasteiger partial charge in [-0.25, -0.2) is 0 Å². The van der Waals surface area contributed by atoms with E-state index in [1.807, 2.05) is 29.2 Å². The summed E-state index contributed by atoms with van der Waals surface area (Å²) in [5.41, 5.74) is 3.09. The molecule has 3 N–H and O–H groups in total. The molecular formula is C51H70N2O11. The molecule has 64 heavy (non-hydrogen) atoms. The van der Waals surface area contributed by atoms with Crippen LogP contribution in [0.4, 0.5) is 0 Å². The number of aliphatic hydroxyl groups excluding tert-OH is 3. The molecule has 2 saturated carbocycles. The number of oxime groups is 1. The van der Waals surface area contributed by atoms with Crippen LogP contribution in [-0.2, 0) is 23.8 Å². The highest BCUT2D eigenvalue weighted by atomic mass is 16.8. The number of carbonyl (C=O) groups excluding carboxylic acids is 2. The smallest absolute Gasteiger partial charge is 0.239 e. The Morgan fingerprint density at radius 1 is 0.922 bits per heavy atom. The lowest BCUT2D eigenvalue weighted by molar-refractivity contribution is -0.258. The fourth-order valence-corrected chi connectivity index (χ4v) is 11.0. The van der Waals surface area contributed by atoms with Crippen molar-refractivity contribution in [2.24, 2.45) is 28.8 Å². The van der Waals surface area contributed by atoms with Gasteiger partial charge in [-0.1, -0.05) is 68.0 Å². The summed E-state index contributed by atoms with van der Waals surface area (Å²) in [6.07, 6.45) is 17.6. The zero-order valence-corrected chi connectivity index (χ0v) is 37.5. The quantitative estimate of drug-likeness (QED) is 0.0381. The first-order valence-electron chi connectivity index (χ1n) is 24.0. The molecule has 0 aromatic heterocycles. The van der Waals surface area contributed by atoms with Gasteiger partial charge in [0, 0.05) is 56.1 Å². The highest BCUT2D eigenvalue weighted by Gasteiger charge is 2.65. The predicted octanol–water partition coefficient (Wildman–Crippen LogP) is 8.26. The number of hydrogen-bond acceptors (Lipinski definition) is 12. The number of hydrogen-bond donors (Lipinski definition) is 3. The minimum absolute atomic E-state index is 0.0150. The summed E-state index contributed by atoms with van der Waals surface area (Å²) in [5.74, 6) is 0.165. The summed E-state index contributed by atoms with van der Waals surface area (Å²) in [6.45, 7) is 5.45. The second-order valence-corrected chi connectivity index (χ2v) is 18.1. The van der Waals surface area contributed by atoms with Crippen molar-refractivity contribution in [3.05, 3.63) is 77.9 Å². The number of carbonyl (C=O) groups is 2. The molecule has 2 aromatic carbocycles. The number of benzene rings is 2. The second kappa shape index (κ2) is 23.9. The Balaban J connectivity index is 1.41. The van der Waals surface area contributed by atoms with Gasteiger partial charge in [0.05, 0.1) is 44.7 Å². The number of aliphatic hydroxyl groups is 3. The number of amides is 1. The Labute approximate surface area is 378 Å². The number of unbranched alkanes of at least 4 members (excludes halogenated alkanes) is 2. The number of aldehydes is 1. The summed E-state index contributed by atoms with van der Waals surface area (Å²) in [7, 11) is 0. The van der Waals surface area contributed by atoms with E-state index in [9.17, 15) is 24.9 Å². The van der Waals surface area contributed by atoms with Crippen molar-refractivity contribution in [2.75, 3.05) is 52.8 Å². The van der Waals surface area contributed by atoms with Crippen LogP contribution in [0.5, 0.6) is 17.2 Å². The summed E-state index contributed by atoms with van der Waals surface area (Å²) in [5, 5.41) is 34.6. The number of nitrogens with zero attached hydrogens (tertiary/aromatic N) is 2. The van der Waals surface area contributed by atoms with Gasteiger partial charge in [0.2, 0.25) is 18.0 Å². The van der Waals surface area contributed by atoms with Gasteiger partial charge in [-0.3, -0.25) is 9.59 Å².